The average molecular weight is 709 g/mol. The summed E-state index contributed by atoms with van der Waals surface area (Å²) in [4.78, 5) is 0. The van der Waals surface area contributed by atoms with Gasteiger partial charge in [-0.2, -0.15) is 0 Å². The average Bonchev–Trinajstić information content (AvgIpc) is 2.89. The molecule has 0 radical (unpaired) electrons. The summed E-state index contributed by atoms with van der Waals surface area (Å²) in [6.45, 7) is 11.7. The van der Waals surface area contributed by atoms with Gasteiger partial charge in [-0.15, -0.1) is 0 Å². The maximum atomic E-state index is 2.96. The van der Waals surface area contributed by atoms with E-state index in [1.807, 2.05) is 10.4 Å². The van der Waals surface area contributed by atoms with Crippen LogP contribution in [-0.4, -0.2) is 73.7 Å². The molecule has 4 rings (SSSR count). The predicted octanol–water partition coefficient (Wildman–Crippen LogP) is 1.39. The summed E-state index contributed by atoms with van der Waals surface area (Å²) in [5.41, 5.74) is 0. The van der Waals surface area contributed by atoms with Crippen LogP contribution < -0.4 is 10.4 Å². The standard InChI is InChI=1S/C16H22Si4Te3/c1-17(15-11-7-5-8-12-15)19(3)22-18(2,20(4,21-17)23-19)16-13-9-6-10-14-16/h5-14H,1-4H3/t17-,18?,19-,20+/m1/s1. The van der Waals surface area contributed by atoms with Gasteiger partial charge in [0.25, 0.3) is 0 Å². The summed E-state index contributed by atoms with van der Waals surface area (Å²) in [5.74, 6) is 0. The zero-order valence-corrected chi connectivity index (χ0v) is 25.0. The van der Waals surface area contributed by atoms with Crippen molar-refractivity contribution >= 4 is 84.1 Å². The summed E-state index contributed by atoms with van der Waals surface area (Å²) in [5, 5.41) is 1.86. The second kappa shape index (κ2) is 6.10. The molecule has 120 valence electrons. The fraction of sp³-hybridized carbons (Fsp3) is 0.250. The molecule has 7 heteroatoms. The Balaban J connectivity index is 1.81. The van der Waals surface area contributed by atoms with Crippen molar-refractivity contribution in [2.75, 3.05) is 0 Å². The van der Waals surface area contributed by atoms with Crippen molar-refractivity contribution in [2.24, 2.45) is 0 Å². The number of hydrogen-bond acceptors (Lipinski definition) is 0. The Hall–Kier alpha value is 1.68. The van der Waals surface area contributed by atoms with E-state index in [2.05, 4.69) is 86.9 Å². The number of hydrogen-bond donors (Lipinski definition) is 0. The van der Waals surface area contributed by atoms with Crippen LogP contribution in [0.1, 0.15) is 0 Å². The van der Waals surface area contributed by atoms with Crippen LogP contribution >= 0.6 is 0 Å². The van der Waals surface area contributed by atoms with Crippen LogP contribution in [0.25, 0.3) is 0 Å². The zero-order valence-electron chi connectivity index (χ0n) is 14.0. The molecule has 0 amide bonds. The summed E-state index contributed by atoms with van der Waals surface area (Å²) in [7, 11) is 0. The number of fused-ring (bicyclic) bond motifs is 2. The van der Waals surface area contributed by atoms with Gasteiger partial charge >= 0.3 is 171 Å². The van der Waals surface area contributed by atoms with E-state index in [0.29, 0.717) is 58.0 Å². The van der Waals surface area contributed by atoms with Crippen molar-refractivity contribution in [3.63, 3.8) is 0 Å². The summed E-state index contributed by atoms with van der Waals surface area (Å²) < 4.78 is -1.58. The third-order valence-corrected chi connectivity index (χ3v) is 301. The van der Waals surface area contributed by atoms with E-state index in [-0.39, 0.29) is 0 Å². The van der Waals surface area contributed by atoms with Crippen LogP contribution in [0.4, 0.5) is 0 Å². The molecule has 4 atom stereocenters. The van der Waals surface area contributed by atoms with Crippen molar-refractivity contribution in [3.05, 3.63) is 60.7 Å². The van der Waals surface area contributed by atoms with E-state index in [1.54, 1.807) is 0 Å². The van der Waals surface area contributed by atoms with Gasteiger partial charge in [0.15, 0.2) is 0 Å². The van der Waals surface area contributed by atoms with Gasteiger partial charge in [0.05, 0.1) is 0 Å². The van der Waals surface area contributed by atoms with Gasteiger partial charge in [0.1, 0.15) is 0 Å². The van der Waals surface area contributed by atoms with Crippen LogP contribution in [0, 0.1) is 0 Å². The molecule has 2 saturated heterocycles. The summed E-state index contributed by atoms with van der Waals surface area (Å²) in [6.07, 6.45) is 0. The number of rotatable bonds is 2. The molecule has 2 bridgehead atoms. The molecule has 0 saturated carbocycles. The van der Waals surface area contributed by atoms with Crippen molar-refractivity contribution < 1.29 is 0 Å². The van der Waals surface area contributed by atoms with Gasteiger partial charge in [-0.3, -0.25) is 0 Å². The molecule has 0 aliphatic carbocycles. The molecule has 23 heavy (non-hydrogen) atoms. The molecule has 2 aromatic carbocycles. The van der Waals surface area contributed by atoms with E-state index >= 15 is 0 Å². The quantitative estimate of drug-likeness (QED) is 0.415. The van der Waals surface area contributed by atoms with E-state index in [4.69, 9.17) is 0 Å². The van der Waals surface area contributed by atoms with Crippen LogP contribution in [-0.2, 0) is 0 Å². The monoisotopic (exact) mass is 716 g/mol. The molecule has 2 aromatic rings. The van der Waals surface area contributed by atoms with Gasteiger partial charge in [0.2, 0.25) is 0 Å². The minimum absolute atomic E-state index is 0.316. The minimum atomic E-state index is -0.979. The Bertz CT molecular complexity index is 682. The first-order valence-electron chi connectivity index (χ1n) is 8.05. The maximum absolute atomic E-state index is 2.96. The molecule has 0 spiro atoms. The Morgan fingerprint density at radius 2 is 0.870 bits per heavy atom. The first kappa shape index (κ1) is 18.1. The molecule has 2 fully saturated rings. The van der Waals surface area contributed by atoms with Crippen LogP contribution in [0.3, 0.4) is 0 Å². The van der Waals surface area contributed by atoms with Crippen LogP contribution in [0.5, 0.6) is 0 Å². The summed E-state index contributed by atoms with van der Waals surface area (Å²) in [6, 6.07) is 24.0. The molecule has 1 unspecified atom stereocenters. The second-order valence-electron chi connectivity index (χ2n) is 7.00. The fourth-order valence-corrected chi connectivity index (χ4v) is 720. The van der Waals surface area contributed by atoms with Gasteiger partial charge in [-0.05, 0) is 0 Å². The van der Waals surface area contributed by atoms with Gasteiger partial charge in [-0.1, -0.05) is 0 Å². The van der Waals surface area contributed by atoms with Gasteiger partial charge < -0.3 is 0 Å². The number of benzene rings is 2. The molecule has 0 nitrogen and oxygen atoms in total. The van der Waals surface area contributed by atoms with Crippen LogP contribution in [0.15, 0.2) is 60.7 Å². The van der Waals surface area contributed by atoms with E-state index < -0.39 is 15.7 Å². The molecule has 0 N–H and O–H groups in total. The van der Waals surface area contributed by atoms with Gasteiger partial charge in [0, 0.05) is 0 Å². The molecule has 2 heterocycles. The fourth-order valence-electron chi connectivity index (χ4n) is 3.92. The van der Waals surface area contributed by atoms with Crippen molar-refractivity contribution in [1.82, 2.24) is 0 Å². The third kappa shape index (κ3) is 2.58. The Labute approximate surface area is 168 Å². The molecule has 2 aliphatic rings. The third-order valence-electron chi connectivity index (χ3n) is 5.57. The topological polar surface area (TPSA) is 0 Å². The van der Waals surface area contributed by atoms with Crippen molar-refractivity contribution in [3.8, 4) is 0 Å². The summed E-state index contributed by atoms with van der Waals surface area (Å²) >= 11 is 1.06. The zero-order chi connectivity index (χ0) is 16.3. The normalized spacial score (nSPS) is 42.1. The van der Waals surface area contributed by atoms with Gasteiger partial charge in [-0.25, -0.2) is 0 Å². The molecule has 2 aliphatic heterocycles. The Morgan fingerprint density at radius 3 is 1.17 bits per heavy atom. The van der Waals surface area contributed by atoms with E-state index in [1.165, 1.54) is 0 Å². The van der Waals surface area contributed by atoms with Crippen molar-refractivity contribution in [2.45, 2.75) is 26.2 Å². The Kier molecular flexibility index (Phi) is 4.79. The van der Waals surface area contributed by atoms with E-state index in [9.17, 15) is 0 Å². The predicted molar refractivity (Wildman–Crippen MR) is 116 cm³/mol. The Morgan fingerprint density at radius 1 is 0.522 bits per heavy atom. The molecular formula is C16H22Si4Te3. The molecule has 0 aromatic heterocycles. The second-order valence-corrected chi connectivity index (χ2v) is 123. The first-order valence-corrected chi connectivity index (χ1v) is 40.5. The van der Waals surface area contributed by atoms with E-state index in [0.717, 1.165) is 0 Å². The SMILES string of the molecule is C[Si]1(c2ccccc2)[Te][Si@]2(C)[Te][Si@]1(C)[Te][Si@]2(C)c1ccccc1. The van der Waals surface area contributed by atoms with Crippen molar-refractivity contribution in [1.29, 1.82) is 0 Å². The van der Waals surface area contributed by atoms with Crippen LogP contribution in [0.2, 0.25) is 26.2 Å². The first-order chi connectivity index (χ1) is 10.8. The molecular weight excluding hydrogens is 687 g/mol.